The van der Waals surface area contributed by atoms with Gasteiger partial charge in [0.05, 0.1) is 5.56 Å². The molecule has 1 saturated heterocycles. The summed E-state index contributed by atoms with van der Waals surface area (Å²) in [5, 5.41) is 10.0. The van der Waals surface area contributed by atoms with Gasteiger partial charge in [0.1, 0.15) is 12.3 Å². The molecule has 1 aromatic carbocycles. The predicted octanol–water partition coefficient (Wildman–Crippen LogP) is -0.289. The van der Waals surface area contributed by atoms with Gasteiger partial charge in [-0.3, -0.25) is 14.3 Å². The molecule has 2 heterocycles. The zero-order valence-electron chi connectivity index (χ0n) is 15.1. The van der Waals surface area contributed by atoms with E-state index in [4.69, 9.17) is 9.47 Å². The van der Waals surface area contributed by atoms with Gasteiger partial charge in [-0.25, -0.2) is 9.59 Å². The number of H-pyrrole nitrogens is 1. The second-order valence-electron chi connectivity index (χ2n) is 6.30. The van der Waals surface area contributed by atoms with Gasteiger partial charge in [0.15, 0.2) is 6.10 Å². The van der Waals surface area contributed by atoms with Crippen LogP contribution in [0.3, 0.4) is 0 Å². The second-order valence-corrected chi connectivity index (χ2v) is 6.96. The Labute approximate surface area is 164 Å². The molecule has 11 nitrogen and oxygen atoms in total. The highest BCUT2D eigenvalue weighted by molar-refractivity contribution is 7.30. The molecule has 3 rings (SSSR count). The number of aromatic amines is 1. The molecule has 0 saturated carbocycles. The van der Waals surface area contributed by atoms with Crippen LogP contribution < -0.4 is 16.1 Å². The minimum absolute atomic E-state index is 0.0926. The van der Waals surface area contributed by atoms with E-state index in [1.807, 2.05) is 0 Å². The van der Waals surface area contributed by atoms with Crippen molar-refractivity contribution in [1.82, 2.24) is 9.55 Å². The van der Waals surface area contributed by atoms with E-state index >= 15 is 0 Å². The van der Waals surface area contributed by atoms with Gasteiger partial charge in [-0.05, 0) is 23.6 Å². The van der Waals surface area contributed by atoms with Crippen molar-refractivity contribution < 1.29 is 33.4 Å². The lowest BCUT2D eigenvalue weighted by molar-refractivity contribution is -0.219. The van der Waals surface area contributed by atoms with Gasteiger partial charge in [0.25, 0.3) is 5.56 Å². The van der Waals surface area contributed by atoms with E-state index in [-0.39, 0.29) is 17.5 Å². The van der Waals surface area contributed by atoms with Crippen LogP contribution in [0.5, 0.6) is 0 Å². The van der Waals surface area contributed by atoms with E-state index < -0.39 is 50.2 Å². The first kappa shape index (κ1) is 21.0. The molecular weight excluding hydrogens is 407 g/mol. The van der Waals surface area contributed by atoms with Crippen molar-refractivity contribution in [3.05, 3.63) is 68.5 Å². The number of carbonyl (C=O) groups excluding carboxylic acids is 1. The van der Waals surface area contributed by atoms with E-state index in [2.05, 4.69) is 9.51 Å². The van der Waals surface area contributed by atoms with Gasteiger partial charge in [0, 0.05) is 18.2 Å². The number of aliphatic hydroxyl groups is 1. The van der Waals surface area contributed by atoms with Crippen molar-refractivity contribution in [1.29, 1.82) is 0 Å². The number of rotatable bonds is 6. The summed E-state index contributed by atoms with van der Waals surface area (Å²) < 4.78 is 27.1. The number of nitrogens with one attached hydrogen (secondary N) is 1. The first-order valence-corrected chi connectivity index (χ1v) is 9.58. The van der Waals surface area contributed by atoms with E-state index in [0.29, 0.717) is 0 Å². The smallest absolute Gasteiger partial charge is 0.491 e. The standard InChI is InChI=1S/C17H17N2O9P/c1-9-8-19(17(23)18-14(9)20)12-7-11(13(27-12)16(22)28-29(24)25)26-15(21)10-5-3-2-4-6-10/h2-6,8,11-13,16,22H,7H2,1H3,(H,18,20,23)/t11-,12+,13-,16?/m0/s1. The Morgan fingerprint density at radius 3 is 2.72 bits per heavy atom. The van der Waals surface area contributed by atoms with Crippen LogP contribution in [0.2, 0.25) is 0 Å². The third kappa shape index (κ3) is 4.84. The number of benzene rings is 1. The fraction of sp³-hybridized carbons (Fsp3) is 0.353. The lowest BCUT2D eigenvalue weighted by Crippen LogP contribution is -2.38. The lowest BCUT2D eigenvalue weighted by Gasteiger charge is -2.20. The Hall–Kier alpha value is -2.69. The molecule has 1 aromatic heterocycles. The zero-order valence-corrected chi connectivity index (χ0v) is 16.0. The molecule has 0 radical (unpaired) electrons. The molecule has 154 valence electrons. The summed E-state index contributed by atoms with van der Waals surface area (Å²) in [6, 6.07) is 8.00. The maximum absolute atomic E-state index is 12.4. The number of carbonyl (C=O) groups is 1. The van der Waals surface area contributed by atoms with E-state index in [1.165, 1.54) is 25.3 Å². The van der Waals surface area contributed by atoms with Crippen LogP contribution in [0.15, 0.2) is 46.1 Å². The summed E-state index contributed by atoms with van der Waals surface area (Å²) in [5.41, 5.74) is -0.879. The molecule has 0 bridgehead atoms. The molecule has 2 aromatic rings. The lowest BCUT2D eigenvalue weighted by atomic mass is 10.1. The Bertz CT molecular complexity index is 1020. The zero-order chi connectivity index (χ0) is 21.1. The molecule has 5 atom stereocenters. The molecule has 0 amide bonds. The van der Waals surface area contributed by atoms with Crippen molar-refractivity contribution in [2.75, 3.05) is 0 Å². The van der Waals surface area contributed by atoms with Crippen molar-refractivity contribution in [3.63, 3.8) is 0 Å². The monoisotopic (exact) mass is 424 g/mol. The molecule has 0 spiro atoms. The van der Waals surface area contributed by atoms with Crippen LogP contribution in [0, 0.1) is 6.92 Å². The third-order valence-electron chi connectivity index (χ3n) is 4.31. The number of esters is 1. The molecule has 1 aliphatic rings. The van der Waals surface area contributed by atoms with Gasteiger partial charge in [-0.15, -0.1) is 4.52 Å². The number of nitrogens with zero attached hydrogens (tertiary/aromatic N) is 1. The minimum atomic E-state index is -3.41. The summed E-state index contributed by atoms with van der Waals surface area (Å²) >= 11 is 0. The van der Waals surface area contributed by atoms with Crippen LogP contribution in [0.4, 0.5) is 0 Å². The number of hydrogen-bond acceptors (Lipinski definition) is 9. The molecule has 2 N–H and O–H groups in total. The van der Waals surface area contributed by atoms with Crippen molar-refractivity contribution in [2.45, 2.75) is 38.1 Å². The van der Waals surface area contributed by atoms with Gasteiger partial charge >= 0.3 is 19.9 Å². The average molecular weight is 424 g/mol. The molecule has 29 heavy (non-hydrogen) atoms. The largest absolute Gasteiger partial charge is 0.566 e. The third-order valence-corrected chi connectivity index (χ3v) is 4.70. The van der Waals surface area contributed by atoms with Gasteiger partial charge < -0.3 is 19.5 Å². The highest BCUT2D eigenvalue weighted by Crippen LogP contribution is 2.34. The maximum Gasteiger partial charge on any atom is 0.491 e. The topological polar surface area (TPSA) is 160 Å². The molecule has 1 fully saturated rings. The fourth-order valence-corrected chi connectivity index (χ4v) is 3.23. The summed E-state index contributed by atoms with van der Waals surface area (Å²) in [4.78, 5) is 49.0. The number of hydrogen-bond donors (Lipinski definition) is 2. The molecule has 1 aliphatic heterocycles. The molecule has 0 aliphatic carbocycles. The Morgan fingerprint density at radius 2 is 2.07 bits per heavy atom. The normalized spacial score (nSPS) is 22.9. The molecule has 2 unspecified atom stereocenters. The van der Waals surface area contributed by atoms with E-state index in [1.54, 1.807) is 18.2 Å². The van der Waals surface area contributed by atoms with Gasteiger partial charge in [0.2, 0.25) is 6.29 Å². The number of aromatic nitrogens is 2. The van der Waals surface area contributed by atoms with Crippen LogP contribution in [0.1, 0.15) is 28.6 Å². The SMILES string of the molecule is Cc1cn([C@H]2C[C@H](OC(=O)c3ccccc3)[C@@H](C(O)O[P+](=O)[O-])O2)c(=O)[nH]c1=O. The van der Waals surface area contributed by atoms with Crippen LogP contribution in [-0.4, -0.2) is 39.1 Å². The van der Waals surface area contributed by atoms with Crippen molar-refractivity contribution in [3.8, 4) is 0 Å². The second kappa shape index (κ2) is 8.76. The van der Waals surface area contributed by atoms with Crippen LogP contribution in [-0.2, 0) is 18.6 Å². The highest BCUT2D eigenvalue weighted by Gasteiger charge is 2.46. The summed E-state index contributed by atoms with van der Waals surface area (Å²) in [6.45, 7) is 1.48. The Kier molecular flexibility index (Phi) is 6.36. The summed E-state index contributed by atoms with van der Waals surface area (Å²) in [7, 11) is -3.41. The van der Waals surface area contributed by atoms with Gasteiger partial charge in [-0.2, -0.15) is 0 Å². The van der Waals surface area contributed by atoms with E-state index in [9.17, 15) is 28.9 Å². The summed E-state index contributed by atoms with van der Waals surface area (Å²) in [6.07, 6.45) is -4.36. The first-order chi connectivity index (χ1) is 13.8. The highest BCUT2D eigenvalue weighted by atomic mass is 31.1. The first-order valence-electron chi connectivity index (χ1n) is 8.49. The van der Waals surface area contributed by atoms with Crippen LogP contribution in [0.25, 0.3) is 0 Å². The van der Waals surface area contributed by atoms with Gasteiger partial charge in [-0.1, -0.05) is 18.2 Å². The van der Waals surface area contributed by atoms with E-state index in [0.717, 1.165) is 4.57 Å². The van der Waals surface area contributed by atoms with Crippen LogP contribution >= 0.6 is 8.25 Å². The Morgan fingerprint density at radius 1 is 1.38 bits per heavy atom. The predicted molar refractivity (Wildman–Crippen MR) is 94.9 cm³/mol. The number of aryl methyl sites for hydroxylation is 1. The number of ether oxygens (including phenoxy) is 2. The average Bonchev–Trinajstić information content (AvgIpc) is 3.08. The maximum atomic E-state index is 12.4. The van der Waals surface area contributed by atoms with Crippen molar-refractivity contribution in [2.24, 2.45) is 0 Å². The number of aliphatic hydroxyl groups excluding tert-OH is 1. The Balaban J connectivity index is 1.87. The summed E-state index contributed by atoms with van der Waals surface area (Å²) in [5.74, 6) is -0.728. The molecule has 12 heteroatoms. The fourth-order valence-electron chi connectivity index (χ4n) is 2.93. The minimum Gasteiger partial charge on any atom is -0.566 e. The quantitative estimate of drug-likeness (QED) is 0.361. The van der Waals surface area contributed by atoms with Crippen molar-refractivity contribution >= 4 is 14.2 Å². The molecular formula is C17H17N2O9P.